The molecule has 1 aliphatic rings. The van der Waals surface area contributed by atoms with E-state index < -0.39 is 0 Å². The predicted molar refractivity (Wildman–Crippen MR) is 104 cm³/mol. The van der Waals surface area contributed by atoms with Crippen molar-refractivity contribution in [3.05, 3.63) is 65.7 Å². The van der Waals surface area contributed by atoms with E-state index in [0.29, 0.717) is 25.1 Å². The minimum Gasteiger partial charge on any atom is -0.489 e. The number of carbonyl (C=O) groups is 1. The molecule has 2 aromatic rings. The van der Waals surface area contributed by atoms with Crippen molar-refractivity contribution < 1.29 is 9.53 Å². The molecule has 0 radical (unpaired) electrons. The van der Waals surface area contributed by atoms with Crippen LogP contribution in [-0.4, -0.2) is 25.0 Å². The van der Waals surface area contributed by atoms with Crippen LogP contribution in [0.2, 0.25) is 0 Å². The molecule has 1 saturated carbocycles. The molecule has 1 fully saturated rings. The van der Waals surface area contributed by atoms with Crippen LogP contribution in [0.25, 0.3) is 0 Å². The Balaban J connectivity index is 1.45. The summed E-state index contributed by atoms with van der Waals surface area (Å²) in [4.78, 5) is 12.3. The lowest BCUT2D eigenvalue weighted by Crippen LogP contribution is -2.39. The Morgan fingerprint density at radius 2 is 1.88 bits per heavy atom. The minimum absolute atomic E-state index is 0.111. The SMILES string of the molecule is CCN[C@H](C)CNC(=O)C1CC1c1ccc(OCc2ccccc2)cc1. The Bertz CT molecular complexity index is 700. The number of likely N-dealkylation sites (N-methyl/N-ethyl adjacent to an activating group) is 1. The molecule has 1 aliphatic carbocycles. The first kappa shape index (κ1) is 18.5. The number of rotatable bonds is 9. The van der Waals surface area contributed by atoms with Crippen molar-refractivity contribution in [3.63, 3.8) is 0 Å². The molecule has 3 atom stereocenters. The quantitative estimate of drug-likeness (QED) is 0.726. The fourth-order valence-electron chi connectivity index (χ4n) is 3.21. The summed E-state index contributed by atoms with van der Waals surface area (Å²) >= 11 is 0. The lowest BCUT2D eigenvalue weighted by molar-refractivity contribution is -0.122. The summed E-state index contributed by atoms with van der Waals surface area (Å²) in [5.41, 5.74) is 2.37. The van der Waals surface area contributed by atoms with E-state index in [2.05, 4.69) is 48.7 Å². The van der Waals surface area contributed by atoms with Gasteiger partial charge in [-0.25, -0.2) is 0 Å². The first-order chi connectivity index (χ1) is 12.7. The van der Waals surface area contributed by atoms with Gasteiger partial charge < -0.3 is 15.4 Å². The lowest BCUT2D eigenvalue weighted by atomic mass is 10.1. The third-order valence-corrected chi connectivity index (χ3v) is 4.82. The second kappa shape index (κ2) is 8.86. The van der Waals surface area contributed by atoms with Gasteiger partial charge >= 0.3 is 0 Å². The molecule has 3 rings (SSSR count). The van der Waals surface area contributed by atoms with Crippen LogP contribution in [0, 0.1) is 5.92 Å². The van der Waals surface area contributed by atoms with Crippen LogP contribution in [0.3, 0.4) is 0 Å². The Kier molecular flexibility index (Phi) is 6.29. The number of hydrogen-bond donors (Lipinski definition) is 2. The Labute approximate surface area is 156 Å². The number of hydrogen-bond acceptors (Lipinski definition) is 3. The average molecular weight is 352 g/mol. The molecule has 4 heteroatoms. The third kappa shape index (κ3) is 5.09. The van der Waals surface area contributed by atoms with Gasteiger partial charge in [-0.3, -0.25) is 4.79 Å². The molecule has 1 amide bonds. The second-order valence-corrected chi connectivity index (χ2v) is 7.00. The van der Waals surface area contributed by atoms with E-state index in [1.165, 1.54) is 5.56 Å². The molecule has 4 nitrogen and oxygen atoms in total. The maximum absolute atomic E-state index is 12.3. The smallest absolute Gasteiger partial charge is 0.223 e. The van der Waals surface area contributed by atoms with E-state index in [-0.39, 0.29) is 11.8 Å². The van der Waals surface area contributed by atoms with Crippen LogP contribution >= 0.6 is 0 Å². The summed E-state index contributed by atoms with van der Waals surface area (Å²) in [5.74, 6) is 1.48. The topological polar surface area (TPSA) is 50.4 Å². The number of ether oxygens (including phenoxy) is 1. The van der Waals surface area contributed by atoms with E-state index in [4.69, 9.17) is 4.74 Å². The highest BCUT2D eigenvalue weighted by molar-refractivity contribution is 5.82. The summed E-state index contributed by atoms with van der Waals surface area (Å²) in [6.07, 6.45) is 0.936. The van der Waals surface area contributed by atoms with Gasteiger partial charge in [0.15, 0.2) is 0 Å². The zero-order chi connectivity index (χ0) is 18.4. The van der Waals surface area contributed by atoms with E-state index in [1.54, 1.807) is 0 Å². The first-order valence-corrected chi connectivity index (χ1v) is 9.45. The second-order valence-electron chi connectivity index (χ2n) is 7.00. The van der Waals surface area contributed by atoms with Crippen molar-refractivity contribution in [3.8, 4) is 5.75 Å². The molecule has 138 valence electrons. The van der Waals surface area contributed by atoms with E-state index >= 15 is 0 Å². The van der Waals surface area contributed by atoms with Crippen molar-refractivity contribution >= 4 is 5.91 Å². The van der Waals surface area contributed by atoms with Crippen LogP contribution in [0.15, 0.2) is 54.6 Å². The van der Waals surface area contributed by atoms with Crippen molar-refractivity contribution in [1.29, 1.82) is 0 Å². The Morgan fingerprint density at radius 3 is 2.58 bits per heavy atom. The first-order valence-electron chi connectivity index (χ1n) is 9.45. The van der Waals surface area contributed by atoms with E-state index in [9.17, 15) is 4.79 Å². The van der Waals surface area contributed by atoms with E-state index in [1.807, 2.05) is 30.3 Å². The molecule has 0 saturated heterocycles. The van der Waals surface area contributed by atoms with Gasteiger partial charge in [0.05, 0.1) is 0 Å². The van der Waals surface area contributed by atoms with Crippen LogP contribution in [0.5, 0.6) is 5.75 Å². The summed E-state index contributed by atoms with van der Waals surface area (Å²) in [6.45, 7) is 6.33. The van der Waals surface area contributed by atoms with Gasteiger partial charge in [0, 0.05) is 18.5 Å². The van der Waals surface area contributed by atoms with Crippen molar-refractivity contribution in [2.45, 2.75) is 38.8 Å². The normalized spacial score (nSPS) is 19.6. The summed E-state index contributed by atoms with van der Waals surface area (Å²) in [7, 11) is 0. The fraction of sp³-hybridized carbons (Fsp3) is 0.409. The highest BCUT2D eigenvalue weighted by atomic mass is 16.5. The lowest BCUT2D eigenvalue weighted by Gasteiger charge is -2.13. The van der Waals surface area contributed by atoms with Crippen LogP contribution in [0.4, 0.5) is 0 Å². The summed E-state index contributed by atoms with van der Waals surface area (Å²) in [6, 6.07) is 18.6. The molecule has 2 aromatic carbocycles. The Morgan fingerprint density at radius 1 is 1.15 bits per heavy atom. The molecule has 0 aromatic heterocycles. The summed E-state index contributed by atoms with van der Waals surface area (Å²) < 4.78 is 5.82. The van der Waals surface area contributed by atoms with Crippen LogP contribution < -0.4 is 15.4 Å². The molecule has 0 aliphatic heterocycles. The fourth-order valence-corrected chi connectivity index (χ4v) is 3.21. The number of amides is 1. The maximum atomic E-state index is 12.3. The van der Waals surface area contributed by atoms with Gasteiger partial charge in [-0.05, 0) is 49.1 Å². The molecule has 2 unspecified atom stereocenters. The highest BCUT2D eigenvalue weighted by Crippen LogP contribution is 2.47. The average Bonchev–Trinajstić information content (AvgIpc) is 3.47. The number of carbonyl (C=O) groups excluding carboxylic acids is 1. The van der Waals surface area contributed by atoms with Crippen molar-refractivity contribution in [2.24, 2.45) is 5.92 Å². The van der Waals surface area contributed by atoms with Gasteiger partial charge in [-0.2, -0.15) is 0 Å². The van der Waals surface area contributed by atoms with Crippen LogP contribution in [0.1, 0.15) is 37.3 Å². The number of benzene rings is 2. The van der Waals surface area contributed by atoms with Crippen molar-refractivity contribution in [2.75, 3.05) is 13.1 Å². The van der Waals surface area contributed by atoms with Crippen molar-refractivity contribution in [1.82, 2.24) is 10.6 Å². The van der Waals surface area contributed by atoms with Gasteiger partial charge in [-0.15, -0.1) is 0 Å². The Hall–Kier alpha value is -2.33. The maximum Gasteiger partial charge on any atom is 0.223 e. The number of nitrogens with one attached hydrogen (secondary N) is 2. The predicted octanol–water partition coefficient (Wildman–Crippen LogP) is 3.48. The third-order valence-electron chi connectivity index (χ3n) is 4.82. The zero-order valence-corrected chi connectivity index (χ0v) is 15.6. The van der Waals surface area contributed by atoms with Crippen LogP contribution in [-0.2, 0) is 11.4 Å². The molecular formula is C22H28N2O2. The van der Waals surface area contributed by atoms with Gasteiger partial charge in [0.25, 0.3) is 0 Å². The zero-order valence-electron chi connectivity index (χ0n) is 15.6. The highest BCUT2D eigenvalue weighted by Gasteiger charge is 2.43. The largest absolute Gasteiger partial charge is 0.489 e. The van der Waals surface area contributed by atoms with E-state index in [0.717, 1.165) is 24.3 Å². The molecule has 0 bridgehead atoms. The molecule has 2 N–H and O–H groups in total. The molecular weight excluding hydrogens is 324 g/mol. The minimum atomic E-state index is 0.111. The van der Waals surface area contributed by atoms with Gasteiger partial charge in [-0.1, -0.05) is 49.4 Å². The molecule has 0 heterocycles. The summed E-state index contributed by atoms with van der Waals surface area (Å²) in [5, 5.41) is 6.36. The van der Waals surface area contributed by atoms with Gasteiger partial charge in [0.2, 0.25) is 5.91 Å². The molecule has 26 heavy (non-hydrogen) atoms. The van der Waals surface area contributed by atoms with Gasteiger partial charge in [0.1, 0.15) is 12.4 Å². The standard InChI is InChI=1S/C22H28N2O2/c1-3-23-16(2)14-24-22(25)21-13-20(21)18-9-11-19(12-10-18)26-15-17-7-5-4-6-8-17/h4-12,16,20-21,23H,3,13-15H2,1-2H3,(H,24,25)/t16-,20?,21?/m1/s1. The molecule has 0 spiro atoms. The monoisotopic (exact) mass is 352 g/mol.